The largest absolute Gasteiger partial charge is 0.396 e. The minimum Gasteiger partial charge on any atom is -0.396 e. The highest BCUT2D eigenvalue weighted by Crippen LogP contribution is 2.17. The SMILES string of the molecule is O=C(CNC(=O)C(O)CCO)NCCc1c[nH]c2ccccc12. The first-order valence-corrected chi connectivity index (χ1v) is 7.50. The summed E-state index contributed by atoms with van der Waals surface area (Å²) < 4.78 is 0. The fourth-order valence-electron chi connectivity index (χ4n) is 2.28. The van der Waals surface area contributed by atoms with Crippen LogP contribution in [-0.4, -0.2) is 52.8 Å². The first-order valence-electron chi connectivity index (χ1n) is 7.50. The van der Waals surface area contributed by atoms with E-state index in [1.165, 1.54) is 0 Å². The Morgan fingerprint density at radius 3 is 2.78 bits per heavy atom. The number of benzene rings is 1. The van der Waals surface area contributed by atoms with E-state index in [9.17, 15) is 14.7 Å². The van der Waals surface area contributed by atoms with Crippen LogP contribution in [0.15, 0.2) is 30.5 Å². The van der Waals surface area contributed by atoms with Crippen molar-refractivity contribution >= 4 is 22.7 Å². The molecule has 2 rings (SSSR count). The molecule has 1 atom stereocenters. The summed E-state index contributed by atoms with van der Waals surface area (Å²) in [4.78, 5) is 26.2. The second-order valence-electron chi connectivity index (χ2n) is 5.21. The maximum Gasteiger partial charge on any atom is 0.249 e. The third kappa shape index (κ3) is 4.80. The number of hydrogen-bond donors (Lipinski definition) is 5. The molecule has 2 aromatic rings. The zero-order valence-electron chi connectivity index (χ0n) is 12.7. The van der Waals surface area contributed by atoms with Crippen molar-refractivity contribution in [2.45, 2.75) is 18.9 Å². The molecule has 0 radical (unpaired) electrons. The van der Waals surface area contributed by atoms with E-state index in [1.807, 2.05) is 30.5 Å². The number of rotatable bonds is 8. The molecule has 5 N–H and O–H groups in total. The molecule has 23 heavy (non-hydrogen) atoms. The minimum atomic E-state index is -1.29. The lowest BCUT2D eigenvalue weighted by Crippen LogP contribution is -2.42. The van der Waals surface area contributed by atoms with Gasteiger partial charge in [0.15, 0.2) is 0 Å². The number of carbonyl (C=O) groups excluding carboxylic acids is 2. The van der Waals surface area contributed by atoms with Gasteiger partial charge in [-0.2, -0.15) is 0 Å². The van der Waals surface area contributed by atoms with Gasteiger partial charge in [0, 0.05) is 36.7 Å². The second-order valence-corrected chi connectivity index (χ2v) is 5.21. The number of carbonyl (C=O) groups is 2. The van der Waals surface area contributed by atoms with Gasteiger partial charge in [0.25, 0.3) is 0 Å². The molecule has 0 saturated heterocycles. The van der Waals surface area contributed by atoms with Crippen molar-refractivity contribution in [3.8, 4) is 0 Å². The first kappa shape index (κ1) is 17.0. The fraction of sp³-hybridized carbons (Fsp3) is 0.375. The monoisotopic (exact) mass is 319 g/mol. The van der Waals surface area contributed by atoms with Crippen LogP contribution < -0.4 is 10.6 Å². The van der Waals surface area contributed by atoms with Gasteiger partial charge in [0.2, 0.25) is 11.8 Å². The Bertz CT molecular complexity index is 668. The Morgan fingerprint density at radius 1 is 1.22 bits per heavy atom. The van der Waals surface area contributed by atoms with Gasteiger partial charge in [0.05, 0.1) is 6.54 Å². The van der Waals surface area contributed by atoms with Gasteiger partial charge in [0.1, 0.15) is 6.10 Å². The zero-order valence-corrected chi connectivity index (χ0v) is 12.7. The van der Waals surface area contributed by atoms with Crippen LogP contribution in [-0.2, 0) is 16.0 Å². The summed E-state index contributed by atoms with van der Waals surface area (Å²) in [6, 6.07) is 7.93. The van der Waals surface area contributed by atoms with Crippen LogP contribution >= 0.6 is 0 Å². The van der Waals surface area contributed by atoms with Crippen molar-refractivity contribution in [1.29, 1.82) is 0 Å². The van der Waals surface area contributed by atoms with Crippen LogP contribution in [0.5, 0.6) is 0 Å². The van der Waals surface area contributed by atoms with Gasteiger partial charge < -0.3 is 25.8 Å². The van der Waals surface area contributed by atoms with Crippen LogP contribution in [0.25, 0.3) is 10.9 Å². The number of fused-ring (bicyclic) bond motifs is 1. The number of aromatic amines is 1. The highest BCUT2D eigenvalue weighted by atomic mass is 16.3. The fourth-order valence-corrected chi connectivity index (χ4v) is 2.28. The molecule has 0 bridgehead atoms. The number of aromatic nitrogens is 1. The van der Waals surface area contributed by atoms with E-state index < -0.39 is 12.0 Å². The van der Waals surface area contributed by atoms with Crippen molar-refractivity contribution in [3.05, 3.63) is 36.0 Å². The Morgan fingerprint density at radius 2 is 2.00 bits per heavy atom. The highest BCUT2D eigenvalue weighted by Gasteiger charge is 2.14. The topological polar surface area (TPSA) is 114 Å². The van der Waals surface area contributed by atoms with Gasteiger partial charge in [-0.3, -0.25) is 9.59 Å². The molecule has 0 spiro atoms. The number of H-pyrrole nitrogens is 1. The molecule has 0 saturated carbocycles. The quantitative estimate of drug-likeness (QED) is 0.459. The summed E-state index contributed by atoms with van der Waals surface area (Å²) in [5.41, 5.74) is 2.17. The van der Waals surface area contributed by atoms with Gasteiger partial charge in [-0.25, -0.2) is 0 Å². The molecule has 7 heteroatoms. The predicted molar refractivity (Wildman–Crippen MR) is 85.7 cm³/mol. The molecule has 1 heterocycles. The predicted octanol–water partition coefficient (Wildman–Crippen LogP) is -0.314. The molecular weight excluding hydrogens is 298 g/mol. The Balaban J connectivity index is 1.72. The lowest BCUT2D eigenvalue weighted by Gasteiger charge is -2.10. The Kier molecular flexibility index (Phi) is 6.13. The standard InChI is InChI=1S/C16H21N3O4/c20-8-6-14(21)16(23)19-10-15(22)17-7-5-11-9-18-13-4-2-1-3-12(11)13/h1-4,9,14,18,20-21H,5-8,10H2,(H,17,22)(H,19,23). The average Bonchev–Trinajstić information content (AvgIpc) is 2.96. The van der Waals surface area contributed by atoms with E-state index in [0.29, 0.717) is 13.0 Å². The molecule has 0 aliphatic carbocycles. The summed E-state index contributed by atoms with van der Waals surface area (Å²) in [7, 11) is 0. The maximum absolute atomic E-state index is 11.7. The van der Waals surface area contributed by atoms with Crippen LogP contribution in [0.2, 0.25) is 0 Å². The number of amides is 2. The minimum absolute atomic E-state index is 0.0476. The average molecular weight is 319 g/mol. The van der Waals surface area contributed by atoms with Gasteiger partial charge in [-0.15, -0.1) is 0 Å². The Hall–Kier alpha value is -2.38. The van der Waals surface area contributed by atoms with Crippen LogP contribution in [0.3, 0.4) is 0 Å². The van der Waals surface area contributed by atoms with E-state index >= 15 is 0 Å². The summed E-state index contributed by atoms with van der Waals surface area (Å²) in [5.74, 6) is -0.986. The summed E-state index contributed by atoms with van der Waals surface area (Å²) in [6.07, 6.45) is 1.26. The van der Waals surface area contributed by atoms with Gasteiger partial charge in [-0.1, -0.05) is 18.2 Å². The highest BCUT2D eigenvalue weighted by molar-refractivity contribution is 5.87. The zero-order chi connectivity index (χ0) is 16.7. The lowest BCUT2D eigenvalue weighted by atomic mass is 10.1. The van der Waals surface area contributed by atoms with Crippen molar-refractivity contribution in [2.24, 2.45) is 0 Å². The molecule has 7 nitrogen and oxygen atoms in total. The number of hydrogen-bond acceptors (Lipinski definition) is 4. The molecule has 1 aromatic carbocycles. The van der Waals surface area contributed by atoms with Crippen molar-refractivity contribution in [1.82, 2.24) is 15.6 Å². The van der Waals surface area contributed by atoms with E-state index in [2.05, 4.69) is 15.6 Å². The number of para-hydroxylation sites is 1. The number of aliphatic hydroxyl groups is 2. The van der Waals surface area contributed by atoms with E-state index in [4.69, 9.17) is 5.11 Å². The lowest BCUT2D eigenvalue weighted by molar-refractivity contribution is -0.132. The molecule has 124 valence electrons. The molecule has 2 amide bonds. The Labute approximate surface area is 133 Å². The number of nitrogens with one attached hydrogen (secondary N) is 3. The second kappa shape index (κ2) is 8.30. The normalized spacial score (nSPS) is 12.1. The summed E-state index contributed by atoms with van der Waals surface area (Å²) >= 11 is 0. The summed E-state index contributed by atoms with van der Waals surface area (Å²) in [6.45, 7) is -0.0314. The maximum atomic E-state index is 11.7. The van der Waals surface area contributed by atoms with Crippen LogP contribution in [0.1, 0.15) is 12.0 Å². The third-order valence-corrected chi connectivity index (χ3v) is 3.52. The molecule has 1 aromatic heterocycles. The molecule has 0 aliphatic rings. The van der Waals surface area contributed by atoms with Gasteiger partial charge in [-0.05, 0) is 18.1 Å². The first-order chi connectivity index (χ1) is 11.1. The van der Waals surface area contributed by atoms with E-state index in [0.717, 1.165) is 16.5 Å². The van der Waals surface area contributed by atoms with Crippen LogP contribution in [0.4, 0.5) is 0 Å². The molecule has 0 aliphatic heterocycles. The smallest absolute Gasteiger partial charge is 0.249 e. The summed E-state index contributed by atoms with van der Waals surface area (Å²) in [5, 5.41) is 24.1. The van der Waals surface area contributed by atoms with E-state index in [1.54, 1.807) is 0 Å². The van der Waals surface area contributed by atoms with Crippen molar-refractivity contribution < 1.29 is 19.8 Å². The third-order valence-electron chi connectivity index (χ3n) is 3.52. The van der Waals surface area contributed by atoms with Crippen LogP contribution in [0, 0.1) is 0 Å². The van der Waals surface area contributed by atoms with Crippen molar-refractivity contribution in [2.75, 3.05) is 19.7 Å². The number of aliphatic hydroxyl groups excluding tert-OH is 2. The van der Waals surface area contributed by atoms with E-state index in [-0.39, 0.29) is 25.5 Å². The molecular formula is C16H21N3O4. The van der Waals surface area contributed by atoms with Gasteiger partial charge >= 0.3 is 0 Å². The van der Waals surface area contributed by atoms with Crippen molar-refractivity contribution in [3.63, 3.8) is 0 Å². The molecule has 1 unspecified atom stereocenters. The molecule has 0 fully saturated rings.